The molecule has 0 fully saturated rings. The van der Waals surface area contributed by atoms with Crippen LogP contribution in [0.2, 0.25) is 5.02 Å². The number of carboxylic acid groups (broad SMARTS) is 1. The third kappa shape index (κ3) is 6.47. The number of carbonyl (C=O) groups excluding carboxylic acids is 1. The minimum Gasteiger partial charge on any atom is -0.493 e. The first-order chi connectivity index (χ1) is 19.1. The summed E-state index contributed by atoms with van der Waals surface area (Å²) < 4.78 is 17.9. The van der Waals surface area contributed by atoms with Crippen LogP contribution in [0, 0.1) is 5.41 Å². The van der Waals surface area contributed by atoms with Crippen LogP contribution in [-0.2, 0) is 20.7 Å². The fourth-order valence-corrected chi connectivity index (χ4v) is 5.55. The number of thiazole rings is 1. The summed E-state index contributed by atoms with van der Waals surface area (Å²) in [6.07, 6.45) is 2.46. The van der Waals surface area contributed by atoms with Gasteiger partial charge in [0.2, 0.25) is 0 Å². The molecule has 0 radical (unpaired) electrons. The minimum absolute atomic E-state index is 0.135. The third-order valence-electron chi connectivity index (χ3n) is 6.46. The Morgan fingerprint density at radius 2 is 2.00 bits per heavy atom. The highest BCUT2D eigenvalue weighted by atomic mass is 35.5. The summed E-state index contributed by atoms with van der Waals surface area (Å²) in [5.74, 6) is -0.392. The van der Waals surface area contributed by atoms with E-state index in [1.807, 2.05) is 26.0 Å². The van der Waals surface area contributed by atoms with Gasteiger partial charge in [-0.05, 0) is 30.3 Å². The molecule has 2 atom stereocenters. The highest BCUT2D eigenvalue weighted by Crippen LogP contribution is 2.45. The van der Waals surface area contributed by atoms with E-state index in [1.54, 1.807) is 42.5 Å². The van der Waals surface area contributed by atoms with Gasteiger partial charge in [0.1, 0.15) is 12.2 Å². The lowest BCUT2D eigenvalue weighted by Gasteiger charge is -2.32. The average Bonchev–Trinajstić information content (AvgIpc) is 3.35. The fourth-order valence-electron chi connectivity index (χ4n) is 4.51. The van der Waals surface area contributed by atoms with Gasteiger partial charge >= 0.3 is 5.97 Å². The van der Waals surface area contributed by atoms with Crippen molar-refractivity contribution in [3.8, 4) is 11.5 Å². The van der Waals surface area contributed by atoms with Crippen molar-refractivity contribution < 1.29 is 34.0 Å². The van der Waals surface area contributed by atoms with E-state index in [1.165, 1.54) is 24.5 Å². The van der Waals surface area contributed by atoms with E-state index >= 15 is 0 Å². The number of ether oxygens (including phenoxy) is 3. The Bertz CT molecular complexity index is 1420. The number of anilines is 1. The lowest BCUT2D eigenvalue weighted by Crippen LogP contribution is -2.45. The van der Waals surface area contributed by atoms with E-state index in [0.29, 0.717) is 43.2 Å². The van der Waals surface area contributed by atoms with Crippen molar-refractivity contribution in [2.24, 2.45) is 5.41 Å². The van der Waals surface area contributed by atoms with Gasteiger partial charge in [0.05, 0.1) is 19.2 Å². The third-order valence-corrected chi connectivity index (χ3v) is 7.68. The molecule has 11 heteroatoms. The Kier molecular flexibility index (Phi) is 9.15. The number of aliphatic hydroxyl groups excluding tert-OH is 1. The molecule has 0 bridgehead atoms. The van der Waals surface area contributed by atoms with E-state index in [0.717, 1.165) is 6.08 Å². The number of amides is 1. The van der Waals surface area contributed by atoms with E-state index < -0.39 is 23.6 Å². The predicted octanol–water partition coefficient (Wildman–Crippen LogP) is 4.99. The first-order valence-corrected chi connectivity index (χ1v) is 13.7. The molecule has 9 nitrogen and oxygen atoms in total. The van der Waals surface area contributed by atoms with Crippen molar-refractivity contribution in [1.29, 1.82) is 0 Å². The molecule has 1 amide bonds. The number of aliphatic carboxylic acids is 1. The van der Waals surface area contributed by atoms with Crippen molar-refractivity contribution >= 4 is 46.6 Å². The summed E-state index contributed by atoms with van der Waals surface area (Å²) in [6.45, 7) is 3.84. The van der Waals surface area contributed by atoms with E-state index in [2.05, 4.69) is 4.98 Å². The first kappa shape index (κ1) is 29.5. The number of methoxy groups -OCH3 is 2. The van der Waals surface area contributed by atoms with Crippen molar-refractivity contribution in [1.82, 2.24) is 4.98 Å². The van der Waals surface area contributed by atoms with Gasteiger partial charge in [-0.25, -0.2) is 9.78 Å². The number of nitrogens with zero attached hydrogens (tertiary/aromatic N) is 2. The zero-order chi connectivity index (χ0) is 29.0. The Balaban J connectivity index is 1.86. The number of halogens is 1. The number of carboxylic acids is 1. The van der Waals surface area contributed by atoms with Gasteiger partial charge < -0.3 is 29.3 Å². The molecule has 0 aliphatic carbocycles. The Hall–Kier alpha value is -3.44. The molecule has 1 aliphatic heterocycles. The second-order valence-corrected chi connectivity index (χ2v) is 11.7. The van der Waals surface area contributed by atoms with Gasteiger partial charge in [-0.3, -0.25) is 4.79 Å². The standard InChI is InChI=1S/C29H31ClN2O7S/c1-29(2,16-33)15-32-21-10-8-17(30)12-20(21)26(19-6-5-7-22(37-3)27(19)38-4)39-23(28(32)36)13-24-31-14-18(40-24)9-11-25(34)35/h5-12,14,23,26,33H,13,15-16H2,1-4H3,(H,34,35)/b11-9+/t23-,26-/m1/s1. The number of hydrogen-bond donors (Lipinski definition) is 2. The molecule has 0 saturated carbocycles. The molecule has 0 unspecified atom stereocenters. The van der Waals surface area contributed by atoms with Crippen LogP contribution < -0.4 is 14.4 Å². The molecular formula is C29H31ClN2O7S. The normalized spacial score (nSPS) is 17.6. The molecule has 2 N–H and O–H groups in total. The van der Waals surface area contributed by atoms with E-state index in [9.17, 15) is 14.7 Å². The number of rotatable bonds is 10. The largest absolute Gasteiger partial charge is 0.493 e. The van der Waals surface area contributed by atoms with Gasteiger partial charge in [-0.1, -0.05) is 37.6 Å². The zero-order valence-electron chi connectivity index (χ0n) is 22.6. The van der Waals surface area contributed by atoms with Crippen molar-refractivity contribution in [2.45, 2.75) is 32.5 Å². The minimum atomic E-state index is -1.06. The van der Waals surface area contributed by atoms with Gasteiger partial charge in [-0.15, -0.1) is 11.3 Å². The van der Waals surface area contributed by atoms with Crippen LogP contribution in [0.15, 0.2) is 48.7 Å². The molecule has 4 rings (SSSR count). The quantitative estimate of drug-likeness (QED) is 0.319. The topological polar surface area (TPSA) is 118 Å². The van der Waals surface area contributed by atoms with Crippen LogP contribution in [0.25, 0.3) is 6.08 Å². The molecule has 2 aromatic carbocycles. The van der Waals surface area contributed by atoms with E-state index in [4.69, 9.17) is 30.9 Å². The van der Waals surface area contributed by atoms with Gasteiger partial charge in [0.15, 0.2) is 11.5 Å². The number of carbonyl (C=O) groups is 2. The average molecular weight is 587 g/mol. The molecule has 40 heavy (non-hydrogen) atoms. The van der Waals surface area contributed by atoms with Crippen LogP contribution in [0.1, 0.15) is 41.0 Å². The highest BCUT2D eigenvalue weighted by Gasteiger charge is 2.40. The zero-order valence-corrected chi connectivity index (χ0v) is 24.2. The van der Waals surface area contributed by atoms with Crippen LogP contribution in [0.5, 0.6) is 11.5 Å². The molecule has 212 valence electrons. The number of benzene rings is 2. The van der Waals surface area contributed by atoms with Crippen molar-refractivity contribution in [3.63, 3.8) is 0 Å². The monoisotopic (exact) mass is 586 g/mol. The molecule has 0 saturated heterocycles. The Labute approximate surface area is 241 Å². The molecule has 1 aromatic heterocycles. The summed E-state index contributed by atoms with van der Waals surface area (Å²) >= 11 is 7.74. The molecule has 1 aliphatic rings. The van der Waals surface area contributed by atoms with Crippen LogP contribution in [-0.4, -0.2) is 60.5 Å². The summed E-state index contributed by atoms with van der Waals surface area (Å²) in [6, 6.07) is 10.7. The van der Waals surface area contributed by atoms with Crippen LogP contribution >= 0.6 is 22.9 Å². The smallest absolute Gasteiger partial charge is 0.328 e. The van der Waals surface area contributed by atoms with Gasteiger partial charge in [-0.2, -0.15) is 0 Å². The summed E-state index contributed by atoms with van der Waals surface area (Å²) in [5.41, 5.74) is 1.31. The Morgan fingerprint density at radius 1 is 1.23 bits per heavy atom. The molecule has 3 aromatic rings. The molecular weight excluding hydrogens is 556 g/mol. The number of hydrogen-bond acceptors (Lipinski definition) is 8. The van der Waals surface area contributed by atoms with E-state index in [-0.39, 0.29) is 25.5 Å². The summed E-state index contributed by atoms with van der Waals surface area (Å²) in [7, 11) is 3.08. The molecule has 2 heterocycles. The summed E-state index contributed by atoms with van der Waals surface area (Å²) in [5, 5.41) is 20.1. The van der Waals surface area contributed by atoms with Gasteiger partial charge in [0.25, 0.3) is 5.91 Å². The van der Waals surface area contributed by atoms with Crippen molar-refractivity contribution in [3.05, 3.63) is 74.7 Å². The number of fused-ring (bicyclic) bond motifs is 1. The lowest BCUT2D eigenvalue weighted by atomic mass is 9.92. The second kappa shape index (κ2) is 12.4. The van der Waals surface area contributed by atoms with Crippen molar-refractivity contribution in [2.75, 3.05) is 32.3 Å². The van der Waals surface area contributed by atoms with Crippen LogP contribution in [0.4, 0.5) is 5.69 Å². The van der Waals surface area contributed by atoms with Gasteiger partial charge in [0, 0.05) is 64.0 Å². The maximum atomic E-state index is 14.2. The molecule has 0 spiro atoms. The number of aliphatic hydroxyl groups is 1. The first-order valence-electron chi connectivity index (χ1n) is 12.5. The maximum Gasteiger partial charge on any atom is 0.328 e. The second-order valence-electron chi connectivity index (χ2n) is 10.1. The predicted molar refractivity (Wildman–Crippen MR) is 153 cm³/mol. The lowest BCUT2D eigenvalue weighted by molar-refractivity contribution is -0.132. The SMILES string of the molecule is COc1cccc([C@H]2O[C@H](Cc3ncc(/C=C/C(=O)O)s3)C(=O)N(CC(C)(C)CO)c3ccc(Cl)cc32)c1OC. The van der Waals surface area contributed by atoms with Crippen LogP contribution in [0.3, 0.4) is 0 Å². The Morgan fingerprint density at radius 3 is 2.67 bits per heavy atom. The fraction of sp³-hybridized carbons (Fsp3) is 0.345. The maximum absolute atomic E-state index is 14.2. The number of para-hydroxylation sites is 1. The number of aromatic nitrogens is 1. The highest BCUT2D eigenvalue weighted by molar-refractivity contribution is 7.12. The summed E-state index contributed by atoms with van der Waals surface area (Å²) in [4.78, 5) is 31.8.